The van der Waals surface area contributed by atoms with Gasteiger partial charge in [0.25, 0.3) is 5.91 Å². The summed E-state index contributed by atoms with van der Waals surface area (Å²) in [5, 5.41) is 15.1. The van der Waals surface area contributed by atoms with E-state index in [2.05, 4.69) is 5.32 Å². The molecule has 0 aliphatic heterocycles. The molecule has 0 bridgehead atoms. The third kappa shape index (κ3) is 4.46. The molecule has 0 unspecified atom stereocenters. The molecule has 1 rings (SSSR count). The molecule has 0 atom stereocenters. The quantitative estimate of drug-likeness (QED) is 0.766. The number of aliphatic hydroxyl groups excluding tert-OH is 1. The van der Waals surface area contributed by atoms with Crippen molar-refractivity contribution in [2.45, 2.75) is 13.3 Å². The maximum Gasteiger partial charge on any atom is 0.252 e. The fraction of sp³-hybridized carbons (Fsp3) is 0.500. The standard InChI is InChI=1S/C12H18N2O3S/c1-2-14(6-7-15)11(16)3-5-13-12(17)10-4-8-18-9-10/h4,8-9,15H,2-3,5-7H2,1H3,(H,13,17). The molecule has 100 valence electrons. The first kappa shape index (κ1) is 14.7. The molecule has 18 heavy (non-hydrogen) atoms. The Hall–Kier alpha value is -1.40. The van der Waals surface area contributed by atoms with Crippen LogP contribution in [0.5, 0.6) is 0 Å². The summed E-state index contributed by atoms with van der Waals surface area (Å²) in [6.45, 7) is 3.04. The van der Waals surface area contributed by atoms with E-state index < -0.39 is 0 Å². The highest BCUT2D eigenvalue weighted by Gasteiger charge is 2.11. The zero-order valence-corrected chi connectivity index (χ0v) is 11.2. The van der Waals surface area contributed by atoms with Gasteiger partial charge in [0.05, 0.1) is 6.61 Å². The predicted octanol–water partition coefficient (Wildman–Crippen LogP) is 0.709. The second kappa shape index (κ2) is 7.84. The lowest BCUT2D eigenvalue weighted by molar-refractivity contribution is -0.131. The minimum absolute atomic E-state index is 0.0408. The van der Waals surface area contributed by atoms with Gasteiger partial charge in [-0.1, -0.05) is 0 Å². The summed E-state index contributed by atoms with van der Waals surface area (Å²) in [6.07, 6.45) is 0.254. The number of carbonyl (C=O) groups is 2. The number of rotatable bonds is 7. The third-order valence-corrected chi connectivity index (χ3v) is 3.20. The molecule has 6 heteroatoms. The van der Waals surface area contributed by atoms with Gasteiger partial charge in [-0.15, -0.1) is 0 Å². The summed E-state index contributed by atoms with van der Waals surface area (Å²) in [4.78, 5) is 24.8. The number of aliphatic hydroxyl groups is 1. The average Bonchev–Trinajstić information content (AvgIpc) is 2.89. The average molecular weight is 270 g/mol. The monoisotopic (exact) mass is 270 g/mol. The van der Waals surface area contributed by atoms with Crippen molar-refractivity contribution in [3.63, 3.8) is 0 Å². The van der Waals surface area contributed by atoms with E-state index in [4.69, 9.17) is 5.11 Å². The number of nitrogens with zero attached hydrogens (tertiary/aromatic N) is 1. The van der Waals surface area contributed by atoms with Crippen molar-refractivity contribution in [2.75, 3.05) is 26.2 Å². The summed E-state index contributed by atoms with van der Waals surface area (Å²) >= 11 is 1.46. The summed E-state index contributed by atoms with van der Waals surface area (Å²) in [6, 6.07) is 1.74. The fourth-order valence-electron chi connectivity index (χ4n) is 1.52. The summed E-state index contributed by atoms with van der Waals surface area (Å²) in [5.41, 5.74) is 0.621. The van der Waals surface area contributed by atoms with Crippen LogP contribution in [0.3, 0.4) is 0 Å². The largest absolute Gasteiger partial charge is 0.395 e. The van der Waals surface area contributed by atoms with Crippen molar-refractivity contribution in [1.29, 1.82) is 0 Å². The van der Waals surface area contributed by atoms with Gasteiger partial charge < -0.3 is 15.3 Å². The summed E-state index contributed by atoms with van der Waals surface area (Å²) < 4.78 is 0. The molecule has 1 heterocycles. The highest BCUT2D eigenvalue weighted by atomic mass is 32.1. The maximum atomic E-state index is 11.7. The Morgan fingerprint density at radius 3 is 2.83 bits per heavy atom. The Morgan fingerprint density at radius 1 is 1.50 bits per heavy atom. The number of nitrogens with one attached hydrogen (secondary N) is 1. The van der Waals surface area contributed by atoms with Crippen LogP contribution in [0.15, 0.2) is 16.8 Å². The first-order valence-electron chi connectivity index (χ1n) is 5.88. The SMILES string of the molecule is CCN(CCO)C(=O)CCNC(=O)c1ccsc1. The Balaban J connectivity index is 2.28. The molecule has 0 aromatic carbocycles. The van der Waals surface area contributed by atoms with Crippen molar-refractivity contribution < 1.29 is 14.7 Å². The zero-order chi connectivity index (χ0) is 13.4. The Labute approximate surface area is 110 Å². The third-order valence-electron chi connectivity index (χ3n) is 2.51. The van der Waals surface area contributed by atoms with Gasteiger partial charge in [0.1, 0.15) is 0 Å². The van der Waals surface area contributed by atoms with Crippen LogP contribution in [0, 0.1) is 0 Å². The lowest BCUT2D eigenvalue weighted by Gasteiger charge is -2.19. The van der Waals surface area contributed by atoms with Gasteiger partial charge in [-0.2, -0.15) is 11.3 Å². The topological polar surface area (TPSA) is 69.6 Å². The molecule has 0 fully saturated rings. The van der Waals surface area contributed by atoms with E-state index in [-0.39, 0.29) is 24.8 Å². The highest BCUT2D eigenvalue weighted by molar-refractivity contribution is 7.08. The summed E-state index contributed by atoms with van der Waals surface area (Å²) in [7, 11) is 0. The van der Waals surface area contributed by atoms with Crippen LogP contribution in [-0.4, -0.2) is 48.1 Å². The normalized spacial score (nSPS) is 10.1. The molecule has 0 spiro atoms. The van der Waals surface area contributed by atoms with Crippen molar-refractivity contribution in [1.82, 2.24) is 10.2 Å². The van der Waals surface area contributed by atoms with Gasteiger partial charge >= 0.3 is 0 Å². The molecular formula is C12H18N2O3S. The number of hydrogen-bond acceptors (Lipinski definition) is 4. The van der Waals surface area contributed by atoms with Crippen LogP contribution < -0.4 is 5.32 Å². The van der Waals surface area contributed by atoms with Gasteiger partial charge in [-0.25, -0.2) is 0 Å². The van der Waals surface area contributed by atoms with E-state index in [1.165, 1.54) is 11.3 Å². The molecule has 0 saturated heterocycles. The molecule has 0 radical (unpaired) electrons. The lowest BCUT2D eigenvalue weighted by Crippen LogP contribution is -2.36. The smallest absolute Gasteiger partial charge is 0.252 e. The van der Waals surface area contributed by atoms with Crippen LogP contribution in [0.25, 0.3) is 0 Å². The number of likely N-dealkylation sites (N-methyl/N-ethyl adjacent to an activating group) is 1. The number of amides is 2. The van der Waals surface area contributed by atoms with E-state index >= 15 is 0 Å². The molecule has 5 nitrogen and oxygen atoms in total. The van der Waals surface area contributed by atoms with Crippen LogP contribution in [0.2, 0.25) is 0 Å². The molecule has 1 aromatic heterocycles. The molecule has 0 saturated carbocycles. The Kier molecular flexibility index (Phi) is 6.38. The molecular weight excluding hydrogens is 252 g/mol. The maximum absolute atomic E-state index is 11.7. The van der Waals surface area contributed by atoms with Gasteiger partial charge in [0.2, 0.25) is 5.91 Å². The Morgan fingerprint density at radius 2 is 2.28 bits per heavy atom. The Bertz CT molecular complexity index is 379. The first-order valence-corrected chi connectivity index (χ1v) is 6.82. The summed E-state index contributed by atoms with van der Waals surface area (Å²) in [5.74, 6) is -0.216. The number of thiophene rings is 1. The van der Waals surface area contributed by atoms with Gasteiger partial charge in [-0.3, -0.25) is 9.59 Å². The minimum atomic E-state index is -0.158. The zero-order valence-electron chi connectivity index (χ0n) is 10.4. The molecule has 0 aliphatic carbocycles. The minimum Gasteiger partial charge on any atom is -0.395 e. The van der Waals surface area contributed by atoms with E-state index in [1.54, 1.807) is 16.3 Å². The predicted molar refractivity (Wildman–Crippen MR) is 70.6 cm³/mol. The van der Waals surface area contributed by atoms with E-state index in [9.17, 15) is 9.59 Å². The van der Waals surface area contributed by atoms with Crippen LogP contribution in [-0.2, 0) is 4.79 Å². The first-order chi connectivity index (χ1) is 8.69. The van der Waals surface area contributed by atoms with E-state index in [0.717, 1.165) is 0 Å². The van der Waals surface area contributed by atoms with Crippen LogP contribution in [0.4, 0.5) is 0 Å². The molecule has 1 aromatic rings. The fourth-order valence-corrected chi connectivity index (χ4v) is 2.15. The van der Waals surface area contributed by atoms with Gasteiger partial charge in [0.15, 0.2) is 0 Å². The molecule has 2 N–H and O–H groups in total. The van der Waals surface area contributed by atoms with Crippen molar-refractivity contribution in [2.24, 2.45) is 0 Å². The second-order valence-corrected chi connectivity index (χ2v) is 4.49. The van der Waals surface area contributed by atoms with Crippen molar-refractivity contribution >= 4 is 23.2 Å². The van der Waals surface area contributed by atoms with Crippen LogP contribution in [0.1, 0.15) is 23.7 Å². The van der Waals surface area contributed by atoms with Gasteiger partial charge in [0, 0.05) is 37.0 Å². The molecule has 2 amide bonds. The van der Waals surface area contributed by atoms with Crippen molar-refractivity contribution in [3.8, 4) is 0 Å². The van der Waals surface area contributed by atoms with E-state index in [0.29, 0.717) is 25.2 Å². The highest BCUT2D eigenvalue weighted by Crippen LogP contribution is 2.05. The number of hydrogen-bond donors (Lipinski definition) is 2. The number of carbonyl (C=O) groups excluding carboxylic acids is 2. The molecule has 0 aliphatic rings. The van der Waals surface area contributed by atoms with Crippen LogP contribution >= 0.6 is 11.3 Å². The van der Waals surface area contributed by atoms with Gasteiger partial charge in [-0.05, 0) is 18.4 Å². The van der Waals surface area contributed by atoms with Crippen molar-refractivity contribution in [3.05, 3.63) is 22.4 Å². The lowest BCUT2D eigenvalue weighted by atomic mass is 10.3. The van der Waals surface area contributed by atoms with E-state index in [1.807, 2.05) is 12.3 Å². The second-order valence-electron chi connectivity index (χ2n) is 3.71.